The Hall–Kier alpha value is -3.93. The van der Waals surface area contributed by atoms with Gasteiger partial charge in [0, 0.05) is 22.5 Å². The first-order valence-corrected chi connectivity index (χ1v) is 8.56. The summed E-state index contributed by atoms with van der Waals surface area (Å²) >= 11 is 0. The van der Waals surface area contributed by atoms with Crippen LogP contribution in [0.25, 0.3) is 0 Å². The second kappa shape index (κ2) is 8.18. The monoisotopic (exact) mass is 374 g/mol. The summed E-state index contributed by atoms with van der Waals surface area (Å²) in [5, 5.41) is 14.6. The summed E-state index contributed by atoms with van der Waals surface area (Å²) < 4.78 is 0. The molecule has 28 heavy (non-hydrogen) atoms. The van der Waals surface area contributed by atoms with Gasteiger partial charge in [-0.3, -0.25) is 9.59 Å². The Kier molecular flexibility index (Phi) is 5.50. The number of aryl methyl sites for hydroxylation is 1. The zero-order valence-corrected chi connectivity index (χ0v) is 15.1. The van der Waals surface area contributed by atoms with E-state index < -0.39 is 11.9 Å². The molecule has 0 saturated carbocycles. The van der Waals surface area contributed by atoms with E-state index in [9.17, 15) is 14.4 Å². The van der Waals surface area contributed by atoms with E-state index in [1.165, 1.54) is 12.1 Å². The quantitative estimate of drug-likeness (QED) is 0.624. The van der Waals surface area contributed by atoms with E-state index in [2.05, 4.69) is 10.6 Å². The molecule has 3 N–H and O–H groups in total. The molecular weight excluding hydrogens is 356 g/mol. The van der Waals surface area contributed by atoms with Crippen molar-refractivity contribution in [3.8, 4) is 0 Å². The number of benzene rings is 3. The lowest BCUT2D eigenvalue weighted by Crippen LogP contribution is -2.15. The van der Waals surface area contributed by atoms with E-state index in [1.54, 1.807) is 61.5 Å². The van der Waals surface area contributed by atoms with Gasteiger partial charge in [-0.25, -0.2) is 4.79 Å². The van der Waals surface area contributed by atoms with Crippen molar-refractivity contribution >= 4 is 29.2 Å². The highest BCUT2D eigenvalue weighted by Crippen LogP contribution is 2.19. The zero-order chi connectivity index (χ0) is 20.1. The first-order valence-electron chi connectivity index (χ1n) is 8.56. The standard InChI is InChI=1S/C22H18N2O4/c1-14-10-11-17(22(27)28)13-19(14)24-21(26)16-8-5-9-18(12-16)23-20(25)15-6-3-2-4-7-15/h2-13H,1H3,(H,23,25)(H,24,26)(H,27,28). The van der Waals surface area contributed by atoms with Gasteiger partial charge in [0.15, 0.2) is 0 Å². The lowest BCUT2D eigenvalue weighted by atomic mass is 10.1. The number of anilines is 2. The van der Waals surface area contributed by atoms with E-state index in [-0.39, 0.29) is 11.5 Å². The minimum atomic E-state index is -1.07. The average Bonchev–Trinajstić information content (AvgIpc) is 2.70. The molecule has 0 unspecified atom stereocenters. The highest BCUT2D eigenvalue weighted by molar-refractivity contribution is 6.07. The summed E-state index contributed by atoms with van der Waals surface area (Å²) in [6.45, 7) is 1.78. The van der Waals surface area contributed by atoms with E-state index in [0.29, 0.717) is 22.5 Å². The molecule has 0 atom stereocenters. The van der Waals surface area contributed by atoms with Crippen molar-refractivity contribution in [2.45, 2.75) is 6.92 Å². The van der Waals surface area contributed by atoms with Crippen LogP contribution in [0.2, 0.25) is 0 Å². The van der Waals surface area contributed by atoms with Crippen LogP contribution in [-0.4, -0.2) is 22.9 Å². The molecule has 0 radical (unpaired) electrons. The highest BCUT2D eigenvalue weighted by Gasteiger charge is 2.12. The Bertz CT molecular complexity index is 1050. The van der Waals surface area contributed by atoms with Crippen molar-refractivity contribution in [3.05, 3.63) is 95.1 Å². The Morgan fingerprint density at radius 1 is 0.714 bits per heavy atom. The van der Waals surface area contributed by atoms with Gasteiger partial charge < -0.3 is 15.7 Å². The molecule has 6 nitrogen and oxygen atoms in total. The van der Waals surface area contributed by atoms with Gasteiger partial charge >= 0.3 is 5.97 Å². The lowest BCUT2D eigenvalue weighted by molar-refractivity contribution is 0.0696. The summed E-state index contributed by atoms with van der Waals surface area (Å²) in [4.78, 5) is 36.0. The fourth-order valence-corrected chi connectivity index (χ4v) is 2.62. The number of nitrogens with one attached hydrogen (secondary N) is 2. The summed E-state index contributed by atoms with van der Waals surface area (Å²) in [5.74, 6) is -1.74. The third kappa shape index (κ3) is 4.42. The normalized spacial score (nSPS) is 10.2. The maximum Gasteiger partial charge on any atom is 0.335 e. The van der Waals surface area contributed by atoms with Crippen LogP contribution < -0.4 is 10.6 Å². The zero-order valence-electron chi connectivity index (χ0n) is 15.1. The van der Waals surface area contributed by atoms with Crippen LogP contribution in [0.1, 0.15) is 36.6 Å². The van der Waals surface area contributed by atoms with Gasteiger partial charge in [-0.1, -0.05) is 30.3 Å². The average molecular weight is 374 g/mol. The predicted molar refractivity (Wildman–Crippen MR) is 107 cm³/mol. The molecule has 3 aromatic carbocycles. The van der Waals surface area contributed by atoms with E-state index >= 15 is 0 Å². The first-order chi connectivity index (χ1) is 13.4. The second-order valence-corrected chi connectivity index (χ2v) is 6.19. The van der Waals surface area contributed by atoms with Crippen LogP contribution in [0.4, 0.5) is 11.4 Å². The number of hydrogen-bond acceptors (Lipinski definition) is 3. The van der Waals surface area contributed by atoms with Crippen LogP contribution in [0.5, 0.6) is 0 Å². The third-order valence-corrected chi connectivity index (χ3v) is 4.15. The minimum Gasteiger partial charge on any atom is -0.478 e. The lowest BCUT2D eigenvalue weighted by Gasteiger charge is -2.11. The van der Waals surface area contributed by atoms with Crippen molar-refractivity contribution in [2.24, 2.45) is 0 Å². The van der Waals surface area contributed by atoms with Crippen LogP contribution in [0, 0.1) is 6.92 Å². The SMILES string of the molecule is Cc1ccc(C(=O)O)cc1NC(=O)c1cccc(NC(=O)c2ccccc2)c1. The van der Waals surface area contributed by atoms with Gasteiger partial charge in [-0.05, 0) is 55.0 Å². The van der Waals surface area contributed by atoms with Crippen LogP contribution in [0.15, 0.2) is 72.8 Å². The second-order valence-electron chi connectivity index (χ2n) is 6.19. The summed E-state index contributed by atoms with van der Waals surface area (Å²) in [7, 11) is 0. The van der Waals surface area contributed by atoms with Crippen molar-refractivity contribution in [1.29, 1.82) is 0 Å². The van der Waals surface area contributed by atoms with E-state index in [1.807, 2.05) is 6.07 Å². The number of amides is 2. The molecule has 0 saturated heterocycles. The number of hydrogen-bond donors (Lipinski definition) is 3. The fraction of sp³-hybridized carbons (Fsp3) is 0.0455. The van der Waals surface area contributed by atoms with Crippen molar-refractivity contribution in [1.82, 2.24) is 0 Å². The van der Waals surface area contributed by atoms with Gasteiger partial charge in [0.05, 0.1) is 5.56 Å². The van der Waals surface area contributed by atoms with E-state index in [4.69, 9.17) is 5.11 Å². The molecule has 0 fully saturated rings. The van der Waals surface area contributed by atoms with Crippen LogP contribution >= 0.6 is 0 Å². The number of aromatic carboxylic acids is 1. The third-order valence-electron chi connectivity index (χ3n) is 4.15. The number of carboxylic acid groups (broad SMARTS) is 1. The molecule has 3 aromatic rings. The van der Waals surface area contributed by atoms with Gasteiger partial charge in [-0.2, -0.15) is 0 Å². The summed E-state index contributed by atoms with van der Waals surface area (Å²) in [6.07, 6.45) is 0. The van der Waals surface area contributed by atoms with Gasteiger partial charge in [0.2, 0.25) is 0 Å². The Labute approximate surface area is 161 Å². The van der Waals surface area contributed by atoms with Gasteiger partial charge in [-0.15, -0.1) is 0 Å². The first kappa shape index (κ1) is 18.8. The topological polar surface area (TPSA) is 95.5 Å². The summed E-state index contributed by atoms with van der Waals surface area (Å²) in [5.41, 5.74) is 2.59. The van der Waals surface area contributed by atoms with Gasteiger partial charge in [0.1, 0.15) is 0 Å². The molecule has 0 aliphatic heterocycles. The van der Waals surface area contributed by atoms with Crippen LogP contribution in [0.3, 0.4) is 0 Å². The number of rotatable bonds is 5. The molecule has 0 heterocycles. The van der Waals surface area contributed by atoms with E-state index in [0.717, 1.165) is 5.56 Å². The molecule has 0 aliphatic carbocycles. The molecule has 2 amide bonds. The molecule has 0 aliphatic rings. The Morgan fingerprint density at radius 3 is 2.11 bits per heavy atom. The molecule has 0 bridgehead atoms. The molecule has 3 rings (SSSR count). The Morgan fingerprint density at radius 2 is 1.39 bits per heavy atom. The van der Waals surface area contributed by atoms with Crippen molar-refractivity contribution < 1.29 is 19.5 Å². The number of carbonyl (C=O) groups excluding carboxylic acids is 2. The largest absolute Gasteiger partial charge is 0.478 e. The summed E-state index contributed by atoms with van der Waals surface area (Å²) in [6, 6.07) is 19.8. The van der Waals surface area contributed by atoms with Gasteiger partial charge in [0.25, 0.3) is 11.8 Å². The molecule has 0 aromatic heterocycles. The fourth-order valence-electron chi connectivity index (χ4n) is 2.62. The molecule has 0 spiro atoms. The Balaban J connectivity index is 1.77. The van der Waals surface area contributed by atoms with Crippen LogP contribution in [-0.2, 0) is 0 Å². The smallest absolute Gasteiger partial charge is 0.335 e. The highest BCUT2D eigenvalue weighted by atomic mass is 16.4. The maximum absolute atomic E-state index is 12.6. The van der Waals surface area contributed by atoms with Crippen molar-refractivity contribution in [2.75, 3.05) is 10.6 Å². The molecular formula is C22H18N2O4. The predicted octanol–water partition coefficient (Wildman–Crippen LogP) is 4.20. The number of carbonyl (C=O) groups is 3. The minimum absolute atomic E-state index is 0.0878. The molecule has 6 heteroatoms. The molecule has 140 valence electrons. The maximum atomic E-state index is 12.6. The number of carboxylic acids is 1. The van der Waals surface area contributed by atoms with Crippen molar-refractivity contribution in [3.63, 3.8) is 0 Å².